The van der Waals surface area contributed by atoms with Crippen LogP contribution in [0.2, 0.25) is 0 Å². The number of aromatic nitrogens is 1. The molecular formula is C17H18N2O3. The number of hydrogen-bond donors (Lipinski definition) is 0. The van der Waals surface area contributed by atoms with Gasteiger partial charge in [0, 0.05) is 30.7 Å². The summed E-state index contributed by atoms with van der Waals surface area (Å²) in [6.07, 6.45) is 2.66. The van der Waals surface area contributed by atoms with Gasteiger partial charge >= 0.3 is 0 Å². The molecule has 1 aromatic carbocycles. The Bertz CT molecular complexity index is 818. The first kappa shape index (κ1) is 13.5. The molecule has 2 aromatic rings. The lowest BCUT2D eigenvalue weighted by Crippen LogP contribution is -2.42. The van der Waals surface area contributed by atoms with E-state index in [1.165, 1.54) is 5.56 Å². The van der Waals surface area contributed by atoms with E-state index in [0.29, 0.717) is 31.7 Å². The van der Waals surface area contributed by atoms with Gasteiger partial charge in [0.25, 0.3) is 5.91 Å². The molecule has 0 aliphatic carbocycles. The summed E-state index contributed by atoms with van der Waals surface area (Å²) in [6.45, 7) is 4.28. The molecular weight excluding hydrogens is 280 g/mol. The van der Waals surface area contributed by atoms with Crippen molar-refractivity contribution in [1.29, 1.82) is 0 Å². The molecule has 1 aromatic heterocycles. The smallest absolute Gasteiger partial charge is 0.259 e. The minimum atomic E-state index is -0.177. The minimum absolute atomic E-state index is 0.154. The van der Waals surface area contributed by atoms with Crippen LogP contribution in [-0.2, 0) is 11.2 Å². The largest absolute Gasteiger partial charge is 0.378 e. The molecule has 0 bridgehead atoms. The van der Waals surface area contributed by atoms with Crippen LogP contribution in [0.4, 0.5) is 0 Å². The summed E-state index contributed by atoms with van der Waals surface area (Å²) in [5.74, 6) is -0.177. The van der Waals surface area contributed by atoms with Gasteiger partial charge < -0.3 is 14.2 Å². The van der Waals surface area contributed by atoms with Crippen LogP contribution >= 0.6 is 0 Å². The van der Waals surface area contributed by atoms with Crippen molar-refractivity contribution in [2.24, 2.45) is 0 Å². The summed E-state index contributed by atoms with van der Waals surface area (Å²) < 4.78 is 7.36. The molecule has 0 radical (unpaired) electrons. The normalized spacial score (nSPS) is 20.6. The first-order valence-electron chi connectivity index (χ1n) is 7.70. The number of rotatable bonds is 1. The Hall–Kier alpha value is -2.14. The zero-order chi connectivity index (χ0) is 15.3. The highest BCUT2D eigenvalue weighted by atomic mass is 16.5. The molecule has 22 heavy (non-hydrogen) atoms. The van der Waals surface area contributed by atoms with Gasteiger partial charge in [0.05, 0.1) is 18.7 Å². The van der Waals surface area contributed by atoms with Crippen molar-refractivity contribution in [3.05, 3.63) is 45.7 Å². The van der Waals surface area contributed by atoms with E-state index in [2.05, 4.69) is 17.6 Å². The van der Waals surface area contributed by atoms with Crippen molar-refractivity contribution in [2.45, 2.75) is 19.4 Å². The number of amides is 1. The van der Waals surface area contributed by atoms with Crippen LogP contribution in [0.5, 0.6) is 0 Å². The fourth-order valence-corrected chi connectivity index (χ4v) is 3.50. The van der Waals surface area contributed by atoms with Crippen LogP contribution in [0.25, 0.3) is 10.9 Å². The van der Waals surface area contributed by atoms with Crippen molar-refractivity contribution >= 4 is 16.8 Å². The van der Waals surface area contributed by atoms with E-state index in [-0.39, 0.29) is 22.9 Å². The molecule has 1 amide bonds. The average Bonchev–Trinajstić information content (AvgIpc) is 2.87. The molecule has 1 fully saturated rings. The number of morpholine rings is 1. The highest BCUT2D eigenvalue weighted by Crippen LogP contribution is 2.31. The fraction of sp³-hybridized carbons (Fsp3) is 0.412. The molecule has 5 heteroatoms. The number of carbonyl (C=O) groups excluding carboxylic acids is 1. The molecule has 3 heterocycles. The summed E-state index contributed by atoms with van der Waals surface area (Å²) in [4.78, 5) is 27.2. The van der Waals surface area contributed by atoms with E-state index >= 15 is 0 Å². The van der Waals surface area contributed by atoms with Crippen molar-refractivity contribution < 1.29 is 9.53 Å². The molecule has 2 aliphatic rings. The van der Waals surface area contributed by atoms with Crippen molar-refractivity contribution in [3.8, 4) is 0 Å². The van der Waals surface area contributed by atoms with Crippen LogP contribution in [0.15, 0.2) is 29.2 Å². The van der Waals surface area contributed by atoms with Gasteiger partial charge in [-0.3, -0.25) is 9.59 Å². The monoisotopic (exact) mass is 298 g/mol. The van der Waals surface area contributed by atoms with Crippen LogP contribution in [0, 0.1) is 0 Å². The van der Waals surface area contributed by atoms with Gasteiger partial charge in [-0.15, -0.1) is 0 Å². The highest BCUT2D eigenvalue weighted by molar-refractivity contribution is 5.98. The number of nitrogens with zero attached hydrogens (tertiary/aromatic N) is 2. The summed E-state index contributed by atoms with van der Waals surface area (Å²) in [5, 5.41) is 0.654. The first-order valence-corrected chi connectivity index (χ1v) is 7.70. The number of para-hydroxylation sites is 1. The highest BCUT2D eigenvalue weighted by Gasteiger charge is 2.27. The second-order valence-corrected chi connectivity index (χ2v) is 6.05. The van der Waals surface area contributed by atoms with Gasteiger partial charge in [-0.05, 0) is 25.0 Å². The lowest BCUT2D eigenvalue weighted by molar-refractivity contribution is 0.0301. The lowest BCUT2D eigenvalue weighted by Gasteiger charge is -2.27. The van der Waals surface area contributed by atoms with Gasteiger partial charge in [0.2, 0.25) is 5.43 Å². The zero-order valence-electron chi connectivity index (χ0n) is 12.5. The maximum absolute atomic E-state index is 12.8. The first-order chi connectivity index (χ1) is 10.7. The second-order valence-electron chi connectivity index (χ2n) is 6.05. The number of hydrogen-bond acceptors (Lipinski definition) is 3. The van der Waals surface area contributed by atoms with Crippen molar-refractivity contribution in [1.82, 2.24) is 9.47 Å². The molecule has 0 unspecified atom stereocenters. The van der Waals surface area contributed by atoms with Gasteiger partial charge in [-0.25, -0.2) is 0 Å². The molecule has 1 atom stereocenters. The average molecular weight is 298 g/mol. The van der Waals surface area contributed by atoms with Crippen LogP contribution in [-0.4, -0.2) is 41.7 Å². The summed E-state index contributed by atoms with van der Waals surface area (Å²) in [5.41, 5.74) is 2.30. The Labute approximate surface area is 128 Å². The minimum Gasteiger partial charge on any atom is -0.378 e. The number of ether oxygens (including phenoxy) is 1. The van der Waals surface area contributed by atoms with E-state index in [4.69, 9.17) is 4.74 Å². The molecule has 5 nitrogen and oxygen atoms in total. The lowest BCUT2D eigenvalue weighted by atomic mass is 10.1. The predicted molar refractivity (Wildman–Crippen MR) is 83.3 cm³/mol. The standard InChI is InChI=1S/C17H18N2O3/c1-11-9-12-3-2-4-13-15(12)19(11)10-14(16(13)20)17(21)18-5-7-22-8-6-18/h2-4,10-11H,5-9H2,1H3/t11-/m1/s1. The van der Waals surface area contributed by atoms with E-state index < -0.39 is 0 Å². The Morgan fingerprint density at radius 2 is 2.05 bits per heavy atom. The van der Waals surface area contributed by atoms with Crippen LogP contribution in [0.1, 0.15) is 28.9 Å². The SMILES string of the molecule is C[C@@H]1Cc2cccc3c(=O)c(C(=O)N4CCOCC4)cn1c23. The van der Waals surface area contributed by atoms with E-state index in [9.17, 15) is 9.59 Å². The summed E-state index contributed by atoms with van der Waals surface area (Å²) in [7, 11) is 0. The van der Waals surface area contributed by atoms with Gasteiger partial charge in [0.15, 0.2) is 0 Å². The Balaban J connectivity index is 1.88. The number of pyridine rings is 1. The molecule has 0 N–H and O–H groups in total. The van der Waals surface area contributed by atoms with Gasteiger partial charge in [-0.2, -0.15) is 0 Å². The van der Waals surface area contributed by atoms with E-state index in [0.717, 1.165) is 11.9 Å². The van der Waals surface area contributed by atoms with Gasteiger partial charge in [-0.1, -0.05) is 12.1 Å². The third-order valence-electron chi connectivity index (χ3n) is 4.65. The number of carbonyl (C=O) groups is 1. The van der Waals surface area contributed by atoms with E-state index in [1.807, 2.05) is 12.1 Å². The van der Waals surface area contributed by atoms with Crippen LogP contribution < -0.4 is 5.43 Å². The molecule has 0 saturated carbocycles. The molecule has 4 rings (SSSR count). The predicted octanol–water partition coefficient (Wildman–Crippen LogP) is 1.59. The fourth-order valence-electron chi connectivity index (χ4n) is 3.50. The Morgan fingerprint density at radius 1 is 1.27 bits per heavy atom. The quantitative estimate of drug-likeness (QED) is 0.803. The van der Waals surface area contributed by atoms with Crippen molar-refractivity contribution in [2.75, 3.05) is 26.3 Å². The topological polar surface area (TPSA) is 51.5 Å². The molecule has 0 spiro atoms. The van der Waals surface area contributed by atoms with Crippen LogP contribution in [0.3, 0.4) is 0 Å². The maximum Gasteiger partial charge on any atom is 0.259 e. The summed E-state index contributed by atoms with van der Waals surface area (Å²) in [6, 6.07) is 6.07. The third-order valence-corrected chi connectivity index (χ3v) is 4.65. The maximum atomic E-state index is 12.8. The Kier molecular flexibility index (Phi) is 3.04. The molecule has 114 valence electrons. The third kappa shape index (κ3) is 1.89. The van der Waals surface area contributed by atoms with Crippen molar-refractivity contribution in [3.63, 3.8) is 0 Å². The van der Waals surface area contributed by atoms with E-state index in [1.54, 1.807) is 11.1 Å². The Morgan fingerprint density at radius 3 is 2.82 bits per heavy atom. The second kappa shape index (κ2) is 4.95. The summed E-state index contributed by atoms with van der Waals surface area (Å²) >= 11 is 0. The molecule has 2 aliphatic heterocycles. The van der Waals surface area contributed by atoms with Gasteiger partial charge in [0.1, 0.15) is 5.56 Å². The molecule has 1 saturated heterocycles. The number of benzene rings is 1. The zero-order valence-corrected chi connectivity index (χ0v) is 12.5.